The second-order valence-electron chi connectivity index (χ2n) is 5.97. The van der Waals surface area contributed by atoms with Crippen LogP contribution >= 0.6 is 0 Å². The van der Waals surface area contributed by atoms with E-state index in [1.54, 1.807) is 0 Å². The maximum Gasteiger partial charge on any atom is 0.324 e. The van der Waals surface area contributed by atoms with Crippen LogP contribution in [0.2, 0.25) is 0 Å². The lowest BCUT2D eigenvalue weighted by Gasteiger charge is -2.35. The van der Waals surface area contributed by atoms with Crippen molar-refractivity contribution in [3.63, 3.8) is 0 Å². The normalized spacial score (nSPS) is 23.1. The van der Waals surface area contributed by atoms with E-state index in [0.717, 1.165) is 38.8 Å². The molecule has 0 saturated carbocycles. The highest BCUT2D eigenvalue weighted by molar-refractivity contribution is 5.79. The number of carbonyl (C=O) groups is 1. The Morgan fingerprint density at radius 1 is 1.40 bits per heavy atom. The van der Waals surface area contributed by atoms with Gasteiger partial charge in [0.1, 0.15) is 5.54 Å². The van der Waals surface area contributed by atoms with E-state index in [4.69, 9.17) is 0 Å². The van der Waals surface area contributed by atoms with Crippen molar-refractivity contribution in [2.75, 3.05) is 6.54 Å². The van der Waals surface area contributed by atoms with Crippen LogP contribution in [-0.4, -0.2) is 28.1 Å². The van der Waals surface area contributed by atoms with E-state index >= 15 is 0 Å². The number of benzene rings is 1. The smallest absolute Gasteiger partial charge is 0.324 e. The monoisotopic (exact) mass is 275 g/mol. The first-order chi connectivity index (χ1) is 9.51. The second kappa shape index (κ2) is 5.96. The Bertz CT molecular complexity index is 498. The first kappa shape index (κ1) is 15.0. The SMILES string of the molecule is CCCC1(C(=O)O)CCCN1Cc1cccc(C)c1C. The Balaban J connectivity index is 2.27. The maximum atomic E-state index is 11.8. The van der Waals surface area contributed by atoms with E-state index in [9.17, 15) is 9.90 Å². The van der Waals surface area contributed by atoms with E-state index in [1.165, 1.54) is 16.7 Å². The molecular weight excluding hydrogens is 250 g/mol. The van der Waals surface area contributed by atoms with Crippen LogP contribution in [0, 0.1) is 13.8 Å². The number of hydrogen-bond donors (Lipinski definition) is 1. The number of carboxylic acid groups (broad SMARTS) is 1. The van der Waals surface area contributed by atoms with Crippen LogP contribution < -0.4 is 0 Å². The topological polar surface area (TPSA) is 40.5 Å². The van der Waals surface area contributed by atoms with Crippen molar-refractivity contribution in [2.24, 2.45) is 0 Å². The third-order valence-electron chi connectivity index (χ3n) is 4.76. The summed E-state index contributed by atoms with van der Waals surface area (Å²) < 4.78 is 0. The largest absolute Gasteiger partial charge is 0.480 e. The predicted molar refractivity (Wildman–Crippen MR) is 80.8 cm³/mol. The van der Waals surface area contributed by atoms with E-state index < -0.39 is 11.5 Å². The third kappa shape index (κ3) is 2.59. The molecule has 0 amide bonds. The Hall–Kier alpha value is -1.35. The van der Waals surface area contributed by atoms with Gasteiger partial charge in [-0.3, -0.25) is 9.69 Å². The quantitative estimate of drug-likeness (QED) is 0.893. The summed E-state index contributed by atoms with van der Waals surface area (Å²) in [4.78, 5) is 14.0. The fourth-order valence-corrected chi connectivity index (χ4v) is 3.40. The molecule has 1 atom stereocenters. The molecule has 1 N–H and O–H groups in total. The molecule has 0 bridgehead atoms. The van der Waals surface area contributed by atoms with Crippen LogP contribution in [0.5, 0.6) is 0 Å². The van der Waals surface area contributed by atoms with Crippen molar-refractivity contribution in [3.8, 4) is 0 Å². The number of carboxylic acids is 1. The summed E-state index contributed by atoms with van der Waals surface area (Å²) >= 11 is 0. The van der Waals surface area contributed by atoms with Gasteiger partial charge < -0.3 is 5.11 Å². The summed E-state index contributed by atoms with van der Waals surface area (Å²) in [6.07, 6.45) is 3.42. The van der Waals surface area contributed by atoms with Gasteiger partial charge in [0, 0.05) is 6.54 Å². The highest BCUT2D eigenvalue weighted by atomic mass is 16.4. The van der Waals surface area contributed by atoms with Crippen molar-refractivity contribution >= 4 is 5.97 Å². The number of nitrogens with zero attached hydrogens (tertiary/aromatic N) is 1. The van der Waals surface area contributed by atoms with Gasteiger partial charge in [-0.1, -0.05) is 31.5 Å². The number of hydrogen-bond acceptors (Lipinski definition) is 2. The van der Waals surface area contributed by atoms with Gasteiger partial charge >= 0.3 is 5.97 Å². The van der Waals surface area contributed by atoms with Gasteiger partial charge in [0.15, 0.2) is 0 Å². The number of aryl methyl sites for hydroxylation is 1. The molecule has 3 nitrogen and oxygen atoms in total. The van der Waals surface area contributed by atoms with Crippen LogP contribution in [0.4, 0.5) is 0 Å². The minimum atomic E-state index is -0.651. The van der Waals surface area contributed by atoms with Crippen LogP contribution in [0.25, 0.3) is 0 Å². The number of likely N-dealkylation sites (tertiary alicyclic amines) is 1. The molecule has 1 heterocycles. The van der Waals surface area contributed by atoms with Crippen molar-refractivity contribution in [3.05, 3.63) is 34.9 Å². The lowest BCUT2D eigenvalue weighted by Crippen LogP contribution is -2.50. The molecule has 3 heteroatoms. The molecular formula is C17H25NO2. The Morgan fingerprint density at radius 3 is 2.80 bits per heavy atom. The first-order valence-corrected chi connectivity index (χ1v) is 7.55. The minimum Gasteiger partial charge on any atom is -0.480 e. The molecule has 0 aromatic heterocycles. The van der Waals surface area contributed by atoms with Gasteiger partial charge in [-0.2, -0.15) is 0 Å². The Labute approximate surface area is 121 Å². The maximum absolute atomic E-state index is 11.8. The molecule has 1 saturated heterocycles. The van der Waals surface area contributed by atoms with Crippen LogP contribution in [0.3, 0.4) is 0 Å². The molecule has 1 aliphatic heterocycles. The van der Waals surface area contributed by atoms with Crippen molar-refractivity contribution < 1.29 is 9.90 Å². The molecule has 1 aliphatic rings. The first-order valence-electron chi connectivity index (χ1n) is 7.55. The fourth-order valence-electron chi connectivity index (χ4n) is 3.40. The average molecular weight is 275 g/mol. The summed E-state index contributed by atoms with van der Waals surface area (Å²) in [5.41, 5.74) is 3.17. The van der Waals surface area contributed by atoms with Gasteiger partial charge in [-0.15, -0.1) is 0 Å². The number of aliphatic carboxylic acids is 1. The predicted octanol–water partition coefficient (Wildman–Crippen LogP) is 3.52. The van der Waals surface area contributed by atoms with Gasteiger partial charge in [0.2, 0.25) is 0 Å². The summed E-state index contributed by atoms with van der Waals surface area (Å²) in [5, 5.41) is 9.73. The van der Waals surface area contributed by atoms with Gasteiger partial charge in [-0.05, 0) is 56.3 Å². The highest BCUT2D eigenvalue weighted by Crippen LogP contribution is 2.35. The second-order valence-corrected chi connectivity index (χ2v) is 5.97. The highest BCUT2D eigenvalue weighted by Gasteiger charge is 2.46. The Kier molecular flexibility index (Phi) is 4.48. The van der Waals surface area contributed by atoms with Gasteiger partial charge in [0.05, 0.1) is 0 Å². The average Bonchev–Trinajstić information content (AvgIpc) is 2.80. The van der Waals surface area contributed by atoms with Crippen LogP contribution in [0.15, 0.2) is 18.2 Å². The molecule has 0 spiro atoms. The molecule has 1 aromatic rings. The summed E-state index contributed by atoms with van der Waals surface area (Å²) in [6, 6.07) is 6.30. The zero-order valence-corrected chi connectivity index (χ0v) is 12.8. The molecule has 1 aromatic carbocycles. The lowest BCUT2D eigenvalue weighted by atomic mass is 9.90. The summed E-state index contributed by atoms with van der Waals surface area (Å²) in [7, 11) is 0. The molecule has 1 unspecified atom stereocenters. The zero-order chi connectivity index (χ0) is 14.8. The van der Waals surface area contributed by atoms with E-state index in [0.29, 0.717) is 0 Å². The third-order valence-corrected chi connectivity index (χ3v) is 4.76. The zero-order valence-electron chi connectivity index (χ0n) is 12.8. The fraction of sp³-hybridized carbons (Fsp3) is 0.588. The van der Waals surface area contributed by atoms with Crippen LogP contribution in [0.1, 0.15) is 49.3 Å². The Morgan fingerprint density at radius 2 is 2.15 bits per heavy atom. The molecule has 1 fully saturated rings. The number of rotatable bonds is 5. The standard InChI is InChI=1S/C17H25NO2/c1-4-9-17(16(19)20)10-6-11-18(17)12-15-8-5-7-13(2)14(15)3/h5,7-8H,4,6,9-12H2,1-3H3,(H,19,20). The van der Waals surface area contributed by atoms with Crippen molar-refractivity contribution in [2.45, 2.75) is 58.5 Å². The summed E-state index contributed by atoms with van der Waals surface area (Å²) in [5.74, 6) is -0.651. The lowest BCUT2D eigenvalue weighted by molar-refractivity contribution is -0.150. The summed E-state index contributed by atoms with van der Waals surface area (Å²) in [6.45, 7) is 7.95. The van der Waals surface area contributed by atoms with E-state index in [1.807, 2.05) is 0 Å². The molecule has 20 heavy (non-hydrogen) atoms. The minimum absolute atomic E-state index is 0.648. The van der Waals surface area contributed by atoms with Crippen molar-refractivity contribution in [1.29, 1.82) is 0 Å². The van der Waals surface area contributed by atoms with Gasteiger partial charge in [0.25, 0.3) is 0 Å². The molecule has 0 radical (unpaired) electrons. The van der Waals surface area contributed by atoms with E-state index in [2.05, 4.69) is 43.9 Å². The van der Waals surface area contributed by atoms with E-state index in [-0.39, 0.29) is 0 Å². The van der Waals surface area contributed by atoms with Crippen LogP contribution in [-0.2, 0) is 11.3 Å². The molecule has 0 aliphatic carbocycles. The molecule has 2 rings (SSSR count). The molecule has 110 valence electrons. The van der Waals surface area contributed by atoms with Crippen molar-refractivity contribution in [1.82, 2.24) is 4.90 Å². The van der Waals surface area contributed by atoms with Gasteiger partial charge in [-0.25, -0.2) is 0 Å².